The van der Waals surface area contributed by atoms with Crippen LogP contribution >= 0.6 is 0 Å². The summed E-state index contributed by atoms with van der Waals surface area (Å²) in [6, 6.07) is 11.6. The van der Waals surface area contributed by atoms with E-state index in [1.54, 1.807) is 6.07 Å². The van der Waals surface area contributed by atoms with Crippen molar-refractivity contribution in [3.05, 3.63) is 59.9 Å². The Morgan fingerprint density at radius 2 is 1.67 bits per heavy atom. The van der Waals surface area contributed by atoms with Crippen molar-refractivity contribution in [3.8, 4) is 5.75 Å². The zero-order chi connectivity index (χ0) is 21.6. The van der Waals surface area contributed by atoms with Crippen LogP contribution in [-0.2, 0) is 30.5 Å². The van der Waals surface area contributed by atoms with Crippen LogP contribution in [0, 0.1) is 5.82 Å². The number of sulfonamides is 2. The summed E-state index contributed by atoms with van der Waals surface area (Å²) in [5, 5.41) is 0. The Labute approximate surface area is 175 Å². The molecule has 1 N–H and O–H groups in total. The van der Waals surface area contributed by atoms with Crippen LogP contribution in [-0.4, -0.2) is 60.6 Å². The molecule has 0 radical (unpaired) electrons. The van der Waals surface area contributed by atoms with E-state index in [0.717, 1.165) is 0 Å². The smallest absolute Gasteiger partial charge is 0.243 e. The number of benzene rings is 2. The Morgan fingerprint density at radius 1 is 1.00 bits per heavy atom. The third kappa shape index (κ3) is 5.99. The number of hydrogen-bond acceptors (Lipinski definition) is 6. The largest absolute Gasteiger partial charge is 0.492 e. The Kier molecular flexibility index (Phi) is 7.42. The topological polar surface area (TPSA) is 102 Å². The maximum atomic E-state index is 13.6. The molecule has 30 heavy (non-hydrogen) atoms. The van der Waals surface area contributed by atoms with E-state index in [1.165, 1.54) is 46.8 Å². The highest BCUT2D eigenvalue weighted by Crippen LogP contribution is 2.20. The fourth-order valence-electron chi connectivity index (χ4n) is 2.88. The Hall–Kier alpha value is -2.05. The molecule has 2 aromatic carbocycles. The van der Waals surface area contributed by atoms with E-state index in [2.05, 4.69) is 4.72 Å². The molecule has 1 fully saturated rings. The highest BCUT2D eigenvalue weighted by atomic mass is 32.2. The molecule has 2 aromatic rings. The number of halogens is 1. The van der Waals surface area contributed by atoms with Gasteiger partial charge >= 0.3 is 0 Å². The quantitative estimate of drug-likeness (QED) is 0.569. The molecule has 3 rings (SSSR count). The summed E-state index contributed by atoms with van der Waals surface area (Å²) < 4.78 is 77.2. The zero-order valence-electron chi connectivity index (χ0n) is 16.2. The van der Waals surface area contributed by atoms with Gasteiger partial charge in [0.2, 0.25) is 20.0 Å². The molecule has 0 bridgehead atoms. The summed E-state index contributed by atoms with van der Waals surface area (Å²) in [7, 11) is -7.30. The molecule has 11 heteroatoms. The highest BCUT2D eigenvalue weighted by molar-refractivity contribution is 7.89. The third-order valence-corrected chi connectivity index (χ3v) is 7.68. The van der Waals surface area contributed by atoms with Crippen LogP contribution in [0.2, 0.25) is 0 Å². The summed E-state index contributed by atoms with van der Waals surface area (Å²) in [6.07, 6.45) is 0. The van der Waals surface area contributed by atoms with Gasteiger partial charge in [-0.25, -0.2) is 25.9 Å². The highest BCUT2D eigenvalue weighted by Gasteiger charge is 2.26. The van der Waals surface area contributed by atoms with E-state index in [9.17, 15) is 21.2 Å². The van der Waals surface area contributed by atoms with E-state index in [1.807, 2.05) is 0 Å². The van der Waals surface area contributed by atoms with Gasteiger partial charge in [0, 0.05) is 25.2 Å². The molecular formula is C19H23FN2O6S2. The standard InChI is InChI=1S/C19H23FN2O6S2/c20-19-4-2-1-3-16(19)15-29(23,24)21-9-12-28-17-5-7-18(8-6-17)30(25,26)22-10-13-27-14-11-22/h1-8,21H,9-15H2. The molecule has 1 aliphatic rings. The molecular weight excluding hydrogens is 435 g/mol. The van der Waals surface area contributed by atoms with Gasteiger partial charge in [0.05, 0.1) is 23.9 Å². The van der Waals surface area contributed by atoms with Crippen LogP contribution in [0.25, 0.3) is 0 Å². The Bertz CT molecular complexity index is 1050. The molecule has 0 aromatic heterocycles. The molecule has 1 aliphatic heterocycles. The minimum absolute atomic E-state index is 0.00931. The number of hydrogen-bond donors (Lipinski definition) is 1. The lowest BCUT2D eigenvalue weighted by Crippen LogP contribution is -2.40. The van der Waals surface area contributed by atoms with Crippen molar-refractivity contribution >= 4 is 20.0 Å². The Morgan fingerprint density at radius 3 is 2.33 bits per heavy atom. The second-order valence-corrected chi connectivity index (χ2v) is 10.3. The lowest BCUT2D eigenvalue weighted by molar-refractivity contribution is 0.0730. The van der Waals surface area contributed by atoms with Crippen LogP contribution in [0.1, 0.15) is 5.56 Å². The van der Waals surface area contributed by atoms with Crippen molar-refractivity contribution in [3.63, 3.8) is 0 Å². The summed E-state index contributed by atoms with van der Waals surface area (Å²) >= 11 is 0. The lowest BCUT2D eigenvalue weighted by atomic mass is 10.2. The van der Waals surface area contributed by atoms with E-state index < -0.39 is 31.6 Å². The second kappa shape index (κ2) is 9.84. The number of morpholine rings is 1. The van der Waals surface area contributed by atoms with Crippen molar-refractivity contribution in [2.45, 2.75) is 10.6 Å². The monoisotopic (exact) mass is 458 g/mol. The molecule has 0 atom stereocenters. The fraction of sp³-hybridized carbons (Fsp3) is 0.368. The number of nitrogens with one attached hydrogen (secondary N) is 1. The molecule has 0 spiro atoms. The van der Waals surface area contributed by atoms with Gasteiger partial charge in [-0.15, -0.1) is 0 Å². The predicted octanol–water partition coefficient (Wildman–Crippen LogP) is 1.34. The first kappa shape index (κ1) is 22.6. The van der Waals surface area contributed by atoms with Crippen molar-refractivity contribution in [2.75, 3.05) is 39.5 Å². The molecule has 1 heterocycles. The summed E-state index contributed by atoms with van der Waals surface area (Å²) in [5.74, 6) is -0.635. The molecule has 8 nitrogen and oxygen atoms in total. The van der Waals surface area contributed by atoms with Gasteiger partial charge in [0.25, 0.3) is 0 Å². The number of rotatable bonds is 9. The van der Waals surface area contributed by atoms with Crippen LogP contribution < -0.4 is 9.46 Å². The van der Waals surface area contributed by atoms with E-state index in [-0.39, 0.29) is 23.6 Å². The normalized spacial score (nSPS) is 15.8. The molecule has 164 valence electrons. The lowest BCUT2D eigenvalue weighted by Gasteiger charge is -2.26. The van der Waals surface area contributed by atoms with Crippen LogP contribution in [0.5, 0.6) is 5.75 Å². The summed E-state index contributed by atoms with van der Waals surface area (Å²) in [6.45, 7) is 1.39. The first-order chi connectivity index (χ1) is 14.3. The van der Waals surface area contributed by atoms with Gasteiger partial charge in [-0.05, 0) is 30.3 Å². The maximum Gasteiger partial charge on any atom is 0.243 e. The SMILES string of the molecule is O=S(=O)(Cc1ccccc1F)NCCOc1ccc(S(=O)(=O)N2CCOCC2)cc1. The maximum absolute atomic E-state index is 13.6. The number of ether oxygens (including phenoxy) is 2. The van der Waals surface area contributed by atoms with Crippen LogP contribution in [0.15, 0.2) is 53.4 Å². The second-order valence-electron chi connectivity index (χ2n) is 6.58. The molecule has 0 amide bonds. The fourth-order valence-corrected chi connectivity index (χ4v) is 5.43. The molecule has 0 saturated carbocycles. The average Bonchev–Trinajstić information content (AvgIpc) is 2.74. The van der Waals surface area contributed by atoms with E-state index in [4.69, 9.17) is 9.47 Å². The van der Waals surface area contributed by atoms with E-state index >= 15 is 0 Å². The zero-order valence-corrected chi connectivity index (χ0v) is 17.8. The first-order valence-electron chi connectivity index (χ1n) is 9.29. The Balaban J connectivity index is 1.49. The minimum atomic E-state index is -3.72. The first-order valence-corrected chi connectivity index (χ1v) is 12.4. The average molecular weight is 459 g/mol. The van der Waals surface area contributed by atoms with Gasteiger partial charge in [-0.1, -0.05) is 18.2 Å². The van der Waals surface area contributed by atoms with Gasteiger partial charge in [0.1, 0.15) is 18.2 Å². The van der Waals surface area contributed by atoms with Crippen LogP contribution in [0.4, 0.5) is 4.39 Å². The van der Waals surface area contributed by atoms with Crippen molar-refractivity contribution in [2.24, 2.45) is 0 Å². The van der Waals surface area contributed by atoms with Gasteiger partial charge in [-0.2, -0.15) is 4.31 Å². The molecule has 0 aliphatic carbocycles. The van der Waals surface area contributed by atoms with E-state index in [0.29, 0.717) is 32.1 Å². The minimum Gasteiger partial charge on any atom is -0.492 e. The number of nitrogens with zero attached hydrogens (tertiary/aromatic N) is 1. The molecule has 0 unspecified atom stereocenters. The van der Waals surface area contributed by atoms with Crippen LogP contribution in [0.3, 0.4) is 0 Å². The van der Waals surface area contributed by atoms with Crippen molar-refractivity contribution < 1.29 is 30.7 Å². The van der Waals surface area contributed by atoms with Gasteiger partial charge in [0.15, 0.2) is 0 Å². The van der Waals surface area contributed by atoms with Gasteiger partial charge < -0.3 is 9.47 Å². The summed E-state index contributed by atoms with van der Waals surface area (Å²) in [5.41, 5.74) is 0.0861. The predicted molar refractivity (Wildman–Crippen MR) is 109 cm³/mol. The van der Waals surface area contributed by atoms with Gasteiger partial charge in [-0.3, -0.25) is 0 Å². The van der Waals surface area contributed by atoms with Crippen molar-refractivity contribution in [1.29, 1.82) is 0 Å². The van der Waals surface area contributed by atoms with Crippen molar-refractivity contribution in [1.82, 2.24) is 9.03 Å². The summed E-state index contributed by atoms with van der Waals surface area (Å²) in [4.78, 5) is 0.155. The third-order valence-electron chi connectivity index (χ3n) is 4.43. The molecule has 1 saturated heterocycles.